The first-order valence-corrected chi connectivity index (χ1v) is 5.47. The van der Waals surface area contributed by atoms with Gasteiger partial charge in [-0.25, -0.2) is 4.98 Å². The van der Waals surface area contributed by atoms with Gasteiger partial charge < -0.3 is 25.8 Å². The highest BCUT2D eigenvalue weighted by Crippen LogP contribution is 2.30. The summed E-state index contributed by atoms with van der Waals surface area (Å²) in [6, 6.07) is 0. The molecule has 1 aliphatic rings. The van der Waals surface area contributed by atoms with Crippen molar-refractivity contribution in [1.29, 1.82) is 0 Å². The largest absolute Gasteiger partial charge is 0.394 e. The number of amides is 1. The lowest BCUT2D eigenvalue weighted by Gasteiger charge is -2.17. The van der Waals surface area contributed by atoms with Gasteiger partial charge in [0.25, 0.3) is 5.91 Å². The van der Waals surface area contributed by atoms with Crippen LogP contribution in [0.2, 0.25) is 0 Å². The lowest BCUT2D eigenvalue weighted by atomic mass is 10.1. The lowest BCUT2D eigenvalue weighted by molar-refractivity contribution is -0.0531. The highest BCUT2D eigenvalue weighted by molar-refractivity contribution is 5.93. The molecule has 102 valence electrons. The van der Waals surface area contributed by atoms with Gasteiger partial charge in [0, 0.05) is 0 Å². The maximum atomic E-state index is 11.1. The van der Waals surface area contributed by atoms with Gasteiger partial charge in [-0.05, 0) is 5.92 Å². The van der Waals surface area contributed by atoms with E-state index in [1.54, 1.807) is 0 Å². The van der Waals surface area contributed by atoms with Crippen LogP contribution in [0.25, 0.3) is 0 Å². The van der Waals surface area contributed by atoms with Crippen molar-refractivity contribution in [2.24, 2.45) is 5.73 Å². The van der Waals surface area contributed by atoms with Crippen LogP contribution in [0.1, 0.15) is 22.4 Å². The van der Waals surface area contributed by atoms with E-state index in [4.69, 9.17) is 22.0 Å². The number of aromatic nitrogens is 2. The summed E-state index contributed by atoms with van der Waals surface area (Å²) in [4.78, 5) is 14.9. The monoisotopic (exact) mass is 267 g/mol. The van der Waals surface area contributed by atoms with E-state index in [1.807, 2.05) is 0 Å². The summed E-state index contributed by atoms with van der Waals surface area (Å²) in [5.41, 5.74) is 5.03. The number of carbonyl (C=O) groups excluding carboxylic acids is 1. The Hall–Kier alpha value is -1.92. The molecule has 8 heteroatoms. The summed E-state index contributed by atoms with van der Waals surface area (Å²) in [6.45, 7) is -0.461. The lowest BCUT2D eigenvalue weighted by Crippen LogP contribution is -2.33. The van der Waals surface area contributed by atoms with Crippen LogP contribution in [-0.4, -0.2) is 55.7 Å². The molecule has 1 aromatic rings. The van der Waals surface area contributed by atoms with E-state index in [1.165, 1.54) is 10.9 Å². The number of ether oxygens (including phenoxy) is 1. The van der Waals surface area contributed by atoms with Crippen LogP contribution in [0.3, 0.4) is 0 Å². The molecule has 0 radical (unpaired) electrons. The highest BCUT2D eigenvalue weighted by Gasteiger charge is 2.44. The summed E-state index contributed by atoms with van der Waals surface area (Å²) in [7, 11) is 0. The van der Waals surface area contributed by atoms with Crippen LogP contribution in [0.15, 0.2) is 6.33 Å². The first-order chi connectivity index (χ1) is 9.01. The number of rotatable bonds is 3. The predicted octanol–water partition coefficient (Wildman–Crippen LogP) is -2.43. The van der Waals surface area contributed by atoms with Gasteiger partial charge in [0.2, 0.25) is 0 Å². The van der Waals surface area contributed by atoms with Gasteiger partial charge >= 0.3 is 0 Å². The van der Waals surface area contributed by atoms with Crippen LogP contribution >= 0.6 is 0 Å². The third-order valence-corrected chi connectivity index (χ3v) is 2.96. The van der Waals surface area contributed by atoms with Crippen LogP contribution in [0, 0.1) is 12.3 Å². The second-order valence-electron chi connectivity index (χ2n) is 4.09. The minimum atomic E-state index is -1.31. The zero-order chi connectivity index (χ0) is 14.2. The average molecular weight is 267 g/mol. The van der Waals surface area contributed by atoms with Crippen molar-refractivity contribution in [2.45, 2.75) is 24.5 Å². The number of imidazole rings is 1. The molecule has 0 spiro atoms. The molecule has 5 N–H and O–H groups in total. The molecule has 2 rings (SSSR count). The minimum Gasteiger partial charge on any atom is -0.394 e. The molecule has 0 aliphatic carbocycles. The molecule has 1 aliphatic heterocycles. The molecular weight excluding hydrogens is 254 g/mol. The van der Waals surface area contributed by atoms with Gasteiger partial charge in [-0.3, -0.25) is 9.36 Å². The maximum Gasteiger partial charge on any atom is 0.270 e. The van der Waals surface area contributed by atoms with Gasteiger partial charge in [0.1, 0.15) is 24.0 Å². The van der Waals surface area contributed by atoms with Gasteiger partial charge in [-0.1, -0.05) is 0 Å². The topological polar surface area (TPSA) is 131 Å². The van der Waals surface area contributed by atoms with E-state index in [0.29, 0.717) is 0 Å². The average Bonchev–Trinajstić information content (AvgIpc) is 2.92. The molecule has 4 atom stereocenters. The Morgan fingerprint density at radius 2 is 2.26 bits per heavy atom. The number of terminal acetylenes is 1. The van der Waals surface area contributed by atoms with E-state index >= 15 is 0 Å². The number of aliphatic hydroxyl groups excluding tert-OH is 3. The Morgan fingerprint density at radius 1 is 1.58 bits per heavy atom. The first-order valence-electron chi connectivity index (χ1n) is 5.47. The standard InChI is InChI=1S/C11H13N3O5/c1-2-5-7(10(12)18)13-4-14(5)11-9(17)8(16)6(3-15)19-11/h1,4,6,8-9,11,15-17H,3H2,(H2,12,18)/t6-,8-,9-,11?/m1/s1. The number of carbonyl (C=O) groups is 1. The van der Waals surface area contributed by atoms with Gasteiger partial charge in [-0.2, -0.15) is 0 Å². The molecule has 2 heterocycles. The number of primary amides is 1. The molecule has 1 fully saturated rings. The molecule has 0 bridgehead atoms. The number of hydrogen-bond acceptors (Lipinski definition) is 6. The second kappa shape index (κ2) is 4.99. The zero-order valence-electron chi connectivity index (χ0n) is 9.80. The van der Waals surface area contributed by atoms with Gasteiger partial charge in [0.15, 0.2) is 11.9 Å². The number of aliphatic hydroxyl groups is 3. The summed E-state index contributed by atoms with van der Waals surface area (Å²) >= 11 is 0. The van der Waals surface area contributed by atoms with Crippen molar-refractivity contribution < 1.29 is 24.9 Å². The molecule has 1 saturated heterocycles. The molecule has 19 heavy (non-hydrogen) atoms. The highest BCUT2D eigenvalue weighted by atomic mass is 16.6. The smallest absolute Gasteiger partial charge is 0.270 e. The molecule has 8 nitrogen and oxygen atoms in total. The van der Waals surface area contributed by atoms with E-state index in [-0.39, 0.29) is 11.4 Å². The Bertz CT molecular complexity index is 535. The van der Waals surface area contributed by atoms with E-state index in [9.17, 15) is 15.0 Å². The zero-order valence-corrected chi connectivity index (χ0v) is 9.80. The summed E-state index contributed by atoms with van der Waals surface area (Å²) in [5.74, 6) is 1.43. The van der Waals surface area contributed by atoms with Crippen molar-refractivity contribution in [1.82, 2.24) is 9.55 Å². The van der Waals surface area contributed by atoms with Crippen LogP contribution < -0.4 is 5.73 Å². The summed E-state index contributed by atoms with van der Waals surface area (Å²) in [6.07, 6.45) is 1.92. The molecule has 0 aromatic carbocycles. The molecule has 1 amide bonds. The quantitative estimate of drug-likeness (QED) is 0.451. The Labute approximate surface area is 108 Å². The van der Waals surface area contributed by atoms with Crippen molar-refractivity contribution in [3.63, 3.8) is 0 Å². The third kappa shape index (κ3) is 2.09. The predicted molar refractivity (Wildman–Crippen MR) is 61.7 cm³/mol. The fourth-order valence-corrected chi connectivity index (χ4v) is 1.99. The SMILES string of the molecule is C#Cc1c(C(N)=O)ncn1C1O[C@H](CO)[C@@H](O)[C@H]1O. The Morgan fingerprint density at radius 3 is 2.74 bits per heavy atom. The summed E-state index contributed by atoms with van der Waals surface area (Å²) in [5, 5.41) is 28.5. The Kier molecular flexibility index (Phi) is 3.55. The molecule has 1 aromatic heterocycles. The van der Waals surface area contributed by atoms with Crippen LogP contribution in [-0.2, 0) is 4.74 Å². The maximum absolute atomic E-state index is 11.1. The number of nitrogens with two attached hydrogens (primary N) is 1. The van der Waals surface area contributed by atoms with Crippen molar-refractivity contribution in [2.75, 3.05) is 6.61 Å². The van der Waals surface area contributed by atoms with Crippen molar-refractivity contribution in [3.8, 4) is 12.3 Å². The first kappa shape index (κ1) is 13.5. The van der Waals surface area contributed by atoms with E-state index in [2.05, 4.69) is 10.9 Å². The Balaban J connectivity index is 2.39. The molecule has 0 saturated carbocycles. The van der Waals surface area contributed by atoms with E-state index in [0.717, 1.165) is 0 Å². The van der Waals surface area contributed by atoms with Gasteiger partial charge in [-0.15, -0.1) is 6.42 Å². The fourth-order valence-electron chi connectivity index (χ4n) is 1.99. The van der Waals surface area contributed by atoms with Crippen LogP contribution in [0.4, 0.5) is 0 Å². The van der Waals surface area contributed by atoms with Crippen LogP contribution in [0.5, 0.6) is 0 Å². The normalized spacial score (nSPS) is 30.2. The summed E-state index contributed by atoms with van der Waals surface area (Å²) < 4.78 is 6.51. The number of hydrogen-bond donors (Lipinski definition) is 4. The number of nitrogens with zero attached hydrogens (tertiary/aromatic N) is 2. The van der Waals surface area contributed by atoms with Crippen molar-refractivity contribution in [3.05, 3.63) is 17.7 Å². The molecule has 1 unspecified atom stereocenters. The minimum absolute atomic E-state index is 0.0438. The van der Waals surface area contributed by atoms with E-state index < -0.39 is 37.1 Å². The van der Waals surface area contributed by atoms with Gasteiger partial charge in [0.05, 0.1) is 12.9 Å². The fraction of sp³-hybridized carbons (Fsp3) is 0.455. The second-order valence-corrected chi connectivity index (χ2v) is 4.09. The van der Waals surface area contributed by atoms with Crippen molar-refractivity contribution >= 4 is 5.91 Å². The third-order valence-electron chi connectivity index (χ3n) is 2.96. The molecular formula is C11H13N3O5.